The molecule has 0 bridgehead atoms. The average Bonchev–Trinajstić information content (AvgIpc) is 3.19. The Kier molecular flexibility index (Phi) is 6.74. The second-order valence-electron chi connectivity index (χ2n) is 7.49. The lowest BCUT2D eigenvalue weighted by molar-refractivity contribution is -0.130. The number of nitrogens with two attached hydrogens (primary N) is 1. The number of para-hydroxylation sites is 1. The van der Waals surface area contributed by atoms with Gasteiger partial charge in [-0.15, -0.1) is 12.4 Å². The van der Waals surface area contributed by atoms with Gasteiger partial charge in [0.05, 0.1) is 10.9 Å². The van der Waals surface area contributed by atoms with Gasteiger partial charge in [-0.3, -0.25) is 19.1 Å². The summed E-state index contributed by atoms with van der Waals surface area (Å²) in [5.74, 6) is 0.434. The molecule has 0 spiro atoms. The minimum absolute atomic E-state index is 0. The summed E-state index contributed by atoms with van der Waals surface area (Å²) in [6.45, 7) is 1.99. The van der Waals surface area contributed by atoms with Crippen LogP contribution >= 0.6 is 12.4 Å². The van der Waals surface area contributed by atoms with Gasteiger partial charge in [0.25, 0.3) is 5.56 Å². The van der Waals surface area contributed by atoms with E-state index in [2.05, 4.69) is 17.1 Å². The first-order valence-electron chi connectivity index (χ1n) is 9.83. The molecule has 3 aromatic rings. The number of H-pyrrole nitrogens is 1. The van der Waals surface area contributed by atoms with Crippen LogP contribution in [0.15, 0.2) is 64.2 Å². The Morgan fingerprint density at radius 3 is 2.47 bits per heavy atom. The number of carbonyl (C=O) groups excluding carboxylic acids is 1. The molecule has 158 valence electrons. The highest BCUT2D eigenvalue weighted by Crippen LogP contribution is 2.32. The van der Waals surface area contributed by atoms with Crippen molar-refractivity contribution in [1.29, 1.82) is 0 Å². The molecule has 2 aromatic carbocycles. The minimum Gasteiger partial charge on any atom is -0.342 e. The van der Waals surface area contributed by atoms with Gasteiger partial charge in [-0.1, -0.05) is 42.5 Å². The Morgan fingerprint density at radius 1 is 1.03 bits per heavy atom. The first-order valence-corrected chi connectivity index (χ1v) is 9.83. The van der Waals surface area contributed by atoms with Crippen molar-refractivity contribution in [1.82, 2.24) is 14.5 Å². The van der Waals surface area contributed by atoms with E-state index in [-0.39, 0.29) is 43.1 Å². The van der Waals surface area contributed by atoms with Crippen molar-refractivity contribution >= 4 is 29.2 Å². The van der Waals surface area contributed by atoms with Gasteiger partial charge in [0.1, 0.15) is 0 Å². The lowest BCUT2D eigenvalue weighted by Crippen LogP contribution is -2.34. The fourth-order valence-corrected chi connectivity index (χ4v) is 4.22. The number of carbonyl (C=O) groups is 1. The molecule has 1 amide bonds. The highest BCUT2D eigenvalue weighted by molar-refractivity contribution is 5.85. The maximum atomic E-state index is 12.9. The Hall–Kier alpha value is -2.90. The van der Waals surface area contributed by atoms with Crippen LogP contribution in [0.5, 0.6) is 0 Å². The maximum Gasteiger partial charge on any atom is 0.328 e. The number of aromatic nitrogens is 2. The van der Waals surface area contributed by atoms with Crippen LogP contribution in [0.3, 0.4) is 0 Å². The normalized spacial score (nSPS) is 18.4. The predicted molar refractivity (Wildman–Crippen MR) is 119 cm³/mol. The van der Waals surface area contributed by atoms with Gasteiger partial charge in [-0.2, -0.15) is 0 Å². The van der Waals surface area contributed by atoms with Gasteiger partial charge in [-0.25, -0.2) is 4.79 Å². The molecule has 1 fully saturated rings. The summed E-state index contributed by atoms with van der Waals surface area (Å²) < 4.78 is 1.46. The molecule has 8 heteroatoms. The second-order valence-corrected chi connectivity index (χ2v) is 7.49. The van der Waals surface area contributed by atoms with Crippen LogP contribution in [0.4, 0.5) is 0 Å². The molecule has 0 radical (unpaired) electrons. The van der Waals surface area contributed by atoms with Crippen LogP contribution in [-0.2, 0) is 11.3 Å². The number of fused-ring (bicyclic) bond motifs is 1. The molecule has 2 atom stereocenters. The zero-order chi connectivity index (χ0) is 20.4. The Morgan fingerprint density at radius 2 is 1.73 bits per heavy atom. The summed E-state index contributed by atoms with van der Waals surface area (Å²) in [7, 11) is 0. The zero-order valence-electron chi connectivity index (χ0n) is 16.5. The number of amides is 1. The Balaban J connectivity index is 0.00000256. The number of benzene rings is 2. The molecule has 1 aromatic heterocycles. The topological polar surface area (TPSA) is 101 Å². The molecule has 0 unspecified atom stereocenters. The summed E-state index contributed by atoms with van der Waals surface area (Å²) in [6, 6.07) is 17.0. The zero-order valence-corrected chi connectivity index (χ0v) is 17.3. The molecule has 30 heavy (non-hydrogen) atoms. The molecule has 7 nitrogen and oxygen atoms in total. The highest BCUT2D eigenvalue weighted by Gasteiger charge is 2.35. The number of halogens is 1. The van der Waals surface area contributed by atoms with Gasteiger partial charge in [0.2, 0.25) is 5.91 Å². The number of aryl methyl sites for hydroxylation is 1. The van der Waals surface area contributed by atoms with E-state index in [1.165, 1.54) is 10.1 Å². The third-order valence-electron chi connectivity index (χ3n) is 5.78. The van der Waals surface area contributed by atoms with Gasteiger partial charge in [-0.05, 0) is 30.2 Å². The monoisotopic (exact) mass is 428 g/mol. The lowest BCUT2D eigenvalue weighted by Gasteiger charge is -2.17. The standard InChI is InChI=1S/C22H24N4O3.ClH/c23-12-16-13-25(14-18(16)15-6-2-1-3-7-15)20(27)10-11-26-19-9-5-4-8-17(19)21(28)24-22(26)29;/h1-9,16,18H,10-14,23H2,(H,24,28,29);1H/t16-,18+;/m1./s1. The summed E-state index contributed by atoms with van der Waals surface area (Å²) in [5, 5.41) is 0.438. The third kappa shape index (κ3) is 4.17. The lowest BCUT2D eigenvalue weighted by atomic mass is 9.89. The minimum atomic E-state index is -0.495. The van der Waals surface area contributed by atoms with Crippen LogP contribution in [0.1, 0.15) is 17.9 Å². The number of hydrogen-bond donors (Lipinski definition) is 2. The summed E-state index contributed by atoms with van der Waals surface area (Å²) >= 11 is 0. The number of aromatic amines is 1. The van der Waals surface area contributed by atoms with E-state index in [4.69, 9.17) is 5.73 Å². The third-order valence-corrected chi connectivity index (χ3v) is 5.78. The molecule has 0 saturated carbocycles. The van der Waals surface area contributed by atoms with Crippen molar-refractivity contribution in [3.05, 3.63) is 81.0 Å². The summed E-state index contributed by atoms with van der Waals surface area (Å²) in [5.41, 5.74) is 6.79. The first-order chi connectivity index (χ1) is 14.1. The first kappa shape index (κ1) is 21.8. The molecular formula is C22H25ClN4O3. The van der Waals surface area contributed by atoms with Crippen LogP contribution < -0.4 is 17.0 Å². The van der Waals surface area contributed by atoms with Crippen LogP contribution in [0.25, 0.3) is 10.9 Å². The molecule has 1 aliphatic heterocycles. The molecule has 1 saturated heterocycles. The van der Waals surface area contributed by atoms with Gasteiger partial charge in [0, 0.05) is 32.0 Å². The fraction of sp³-hybridized carbons (Fsp3) is 0.318. The number of nitrogens with zero attached hydrogens (tertiary/aromatic N) is 2. The number of hydrogen-bond acceptors (Lipinski definition) is 4. The second kappa shape index (κ2) is 9.28. The van der Waals surface area contributed by atoms with Crippen LogP contribution in [0, 0.1) is 5.92 Å². The Labute approximate surface area is 179 Å². The van der Waals surface area contributed by atoms with Crippen molar-refractivity contribution < 1.29 is 4.79 Å². The van der Waals surface area contributed by atoms with E-state index >= 15 is 0 Å². The van der Waals surface area contributed by atoms with Gasteiger partial charge < -0.3 is 10.6 Å². The van der Waals surface area contributed by atoms with E-state index in [1.807, 2.05) is 23.1 Å². The number of likely N-dealkylation sites (tertiary alicyclic amines) is 1. The van der Waals surface area contributed by atoms with Crippen molar-refractivity contribution in [2.45, 2.75) is 18.9 Å². The van der Waals surface area contributed by atoms with Crippen molar-refractivity contribution in [3.63, 3.8) is 0 Å². The van der Waals surface area contributed by atoms with Crippen LogP contribution in [0.2, 0.25) is 0 Å². The van der Waals surface area contributed by atoms with E-state index in [9.17, 15) is 14.4 Å². The quantitative estimate of drug-likeness (QED) is 0.645. The average molecular weight is 429 g/mol. The van der Waals surface area contributed by atoms with Gasteiger partial charge in [0.15, 0.2) is 0 Å². The molecule has 4 rings (SSSR count). The maximum absolute atomic E-state index is 12.9. The summed E-state index contributed by atoms with van der Waals surface area (Å²) in [4.78, 5) is 41.3. The van der Waals surface area contributed by atoms with Gasteiger partial charge >= 0.3 is 5.69 Å². The predicted octanol–water partition coefficient (Wildman–Crippen LogP) is 1.70. The molecular weight excluding hydrogens is 404 g/mol. The van der Waals surface area contributed by atoms with E-state index in [0.29, 0.717) is 30.5 Å². The van der Waals surface area contributed by atoms with Crippen molar-refractivity contribution in [2.75, 3.05) is 19.6 Å². The Bertz CT molecular complexity index is 1140. The number of nitrogens with one attached hydrogen (secondary N) is 1. The SMILES string of the molecule is Cl.NC[C@@H]1CN(C(=O)CCn2c(=O)[nH]c(=O)c3ccccc32)C[C@H]1c1ccccc1. The number of rotatable bonds is 5. The smallest absolute Gasteiger partial charge is 0.328 e. The molecule has 3 N–H and O–H groups in total. The highest BCUT2D eigenvalue weighted by atomic mass is 35.5. The van der Waals surface area contributed by atoms with Crippen LogP contribution in [-0.4, -0.2) is 40.0 Å². The van der Waals surface area contributed by atoms with E-state index in [1.54, 1.807) is 24.3 Å². The molecule has 2 heterocycles. The molecule has 0 aliphatic carbocycles. The largest absolute Gasteiger partial charge is 0.342 e. The fourth-order valence-electron chi connectivity index (χ4n) is 4.22. The molecule has 1 aliphatic rings. The van der Waals surface area contributed by atoms with Crippen molar-refractivity contribution in [3.8, 4) is 0 Å². The van der Waals surface area contributed by atoms with E-state index in [0.717, 1.165) is 0 Å². The summed E-state index contributed by atoms with van der Waals surface area (Å²) in [6.07, 6.45) is 0.189. The van der Waals surface area contributed by atoms with Crippen molar-refractivity contribution in [2.24, 2.45) is 11.7 Å². The van der Waals surface area contributed by atoms with E-state index < -0.39 is 11.2 Å².